The van der Waals surface area contributed by atoms with E-state index >= 15 is 0 Å². The Balaban J connectivity index is 1.42. The van der Waals surface area contributed by atoms with Crippen LogP contribution in [0.4, 0.5) is 0 Å². The van der Waals surface area contributed by atoms with E-state index in [-0.39, 0.29) is 6.10 Å². The maximum Gasteiger partial charge on any atom is 0.224 e. The zero-order valence-electron chi connectivity index (χ0n) is 13.8. The molecular formula is C18H26N2O2S. The fourth-order valence-electron chi connectivity index (χ4n) is 3.12. The maximum atomic E-state index is 12.4. The zero-order chi connectivity index (χ0) is 16.1. The minimum atomic E-state index is 0.227. The van der Waals surface area contributed by atoms with Crippen molar-refractivity contribution in [2.24, 2.45) is 0 Å². The molecule has 126 valence electrons. The first-order chi connectivity index (χ1) is 11.2. The monoisotopic (exact) mass is 334 g/mol. The van der Waals surface area contributed by atoms with Gasteiger partial charge < -0.3 is 15.0 Å². The summed E-state index contributed by atoms with van der Waals surface area (Å²) in [5, 5.41) is 3.44. The van der Waals surface area contributed by atoms with Crippen molar-refractivity contribution >= 4 is 17.7 Å². The number of ether oxygens (including phenoxy) is 1. The van der Waals surface area contributed by atoms with Crippen LogP contribution in [0.5, 0.6) is 5.75 Å². The SMILES string of the molecule is Cc1ccc(OC2CCN(C(=O)CC3CSCCN3)CC2)cc1. The molecule has 2 heterocycles. The van der Waals surface area contributed by atoms with Gasteiger partial charge in [-0.05, 0) is 19.1 Å². The normalized spacial score (nSPS) is 22.8. The summed E-state index contributed by atoms with van der Waals surface area (Å²) in [4.78, 5) is 14.4. The highest BCUT2D eigenvalue weighted by Crippen LogP contribution is 2.20. The number of rotatable bonds is 4. The molecule has 2 aliphatic heterocycles. The van der Waals surface area contributed by atoms with Crippen molar-refractivity contribution in [1.29, 1.82) is 0 Å². The molecule has 23 heavy (non-hydrogen) atoms. The second-order valence-corrected chi connectivity index (χ2v) is 7.59. The summed E-state index contributed by atoms with van der Waals surface area (Å²) in [5.74, 6) is 3.44. The number of hydrogen-bond acceptors (Lipinski definition) is 4. The van der Waals surface area contributed by atoms with E-state index in [0.29, 0.717) is 18.4 Å². The van der Waals surface area contributed by atoms with Gasteiger partial charge in [0.25, 0.3) is 0 Å². The van der Waals surface area contributed by atoms with Crippen molar-refractivity contribution in [2.45, 2.75) is 38.3 Å². The molecule has 0 spiro atoms. The van der Waals surface area contributed by atoms with Gasteiger partial charge in [-0.3, -0.25) is 4.79 Å². The summed E-state index contributed by atoms with van der Waals surface area (Å²) in [6, 6.07) is 8.55. The van der Waals surface area contributed by atoms with Crippen LogP contribution in [-0.4, -0.2) is 54.1 Å². The van der Waals surface area contributed by atoms with Crippen LogP contribution in [0.2, 0.25) is 0 Å². The van der Waals surface area contributed by atoms with Gasteiger partial charge in [-0.2, -0.15) is 11.8 Å². The number of benzene rings is 1. The minimum absolute atomic E-state index is 0.227. The maximum absolute atomic E-state index is 12.4. The van der Waals surface area contributed by atoms with Gasteiger partial charge >= 0.3 is 0 Å². The summed E-state index contributed by atoms with van der Waals surface area (Å²) in [6.45, 7) is 4.73. The van der Waals surface area contributed by atoms with Gasteiger partial charge in [0.2, 0.25) is 5.91 Å². The van der Waals surface area contributed by atoms with Crippen LogP contribution < -0.4 is 10.1 Å². The molecule has 0 aromatic heterocycles. The highest BCUT2D eigenvalue weighted by atomic mass is 32.2. The van der Waals surface area contributed by atoms with Crippen molar-refractivity contribution in [3.63, 3.8) is 0 Å². The first-order valence-corrected chi connectivity index (χ1v) is 9.68. The molecule has 0 bridgehead atoms. The molecule has 1 aromatic rings. The summed E-state index contributed by atoms with van der Waals surface area (Å²) in [5.41, 5.74) is 1.24. The van der Waals surface area contributed by atoms with Gasteiger partial charge in [-0.25, -0.2) is 0 Å². The number of piperidine rings is 1. The molecule has 1 unspecified atom stereocenters. The fraction of sp³-hybridized carbons (Fsp3) is 0.611. The van der Waals surface area contributed by atoms with E-state index in [1.54, 1.807) is 0 Å². The Kier molecular flexibility index (Phi) is 5.84. The Morgan fingerprint density at radius 3 is 2.70 bits per heavy atom. The molecule has 1 amide bonds. The van der Waals surface area contributed by atoms with Crippen molar-refractivity contribution in [1.82, 2.24) is 10.2 Å². The zero-order valence-corrected chi connectivity index (χ0v) is 14.6. The molecule has 0 aliphatic carbocycles. The van der Waals surface area contributed by atoms with Crippen LogP contribution >= 0.6 is 11.8 Å². The van der Waals surface area contributed by atoms with E-state index in [1.165, 1.54) is 5.56 Å². The number of amides is 1. The lowest BCUT2D eigenvalue weighted by Gasteiger charge is -2.33. The molecule has 5 heteroatoms. The van der Waals surface area contributed by atoms with Crippen molar-refractivity contribution < 1.29 is 9.53 Å². The largest absolute Gasteiger partial charge is 0.490 e. The minimum Gasteiger partial charge on any atom is -0.490 e. The Morgan fingerprint density at radius 1 is 1.30 bits per heavy atom. The second-order valence-electron chi connectivity index (χ2n) is 6.44. The van der Waals surface area contributed by atoms with E-state index in [2.05, 4.69) is 24.4 Å². The molecule has 1 aromatic carbocycles. The molecule has 2 aliphatic rings. The van der Waals surface area contributed by atoms with Gasteiger partial charge in [0.15, 0.2) is 0 Å². The quantitative estimate of drug-likeness (QED) is 0.918. The van der Waals surface area contributed by atoms with Crippen LogP contribution in [0.1, 0.15) is 24.8 Å². The Hall–Kier alpha value is -1.20. The molecular weight excluding hydrogens is 308 g/mol. The predicted octanol–water partition coefficient (Wildman–Crippen LogP) is 2.46. The van der Waals surface area contributed by atoms with Gasteiger partial charge in [-0.15, -0.1) is 0 Å². The predicted molar refractivity (Wildman–Crippen MR) is 95.1 cm³/mol. The lowest BCUT2D eigenvalue weighted by Crippen LogP contribution is -2.46. The molecule has 4 nitrogen and oxygen atoms in total. The topological polar surface area (TPSA) is 41.6 Å². The number of aryl methyl sites for hydroxylation is 1. The number of carbonyl (C=O) groups excluding carboxylic acids is 1. The summed E-state index contributed by atoms with van der Waals surface area (Å²) in [7, 11) is 0. The van der Waals surface area contributed by atoms with Gasteiger partial charge in [0, 0.05) is 56.4 Å². The van der Waals surface area contributed by atoms with Crippen molar-refractivity contribution in [2.75, 3.05) is 31.1 Å². The van der Waals surface area contributed by atoms with E-state index in [9.17, 15) is 4.79 Å². The lowest BCUT2D eigenvalue weighted by atomic mass is 10.1. The Labute approximate surface area is 143 Å². The first-order valence-electron chi connectivity index (χ1n) is 8.53. The number of nitrogens with zero attached hydrogens (tertiary/aromatic N) is 1. The fourth-order valence-corrected chi connectivity index (χ4v) is 4.07. The summed E-state index contributed by atoms with van der Waals surface area (Å²) < 4.78 is 6.03. The standard InChI is InChI=1S/C18H26N2O2S/c1-14-2-4-16(5-3-14)22-17-6-9-20(10-7-17)18(21)12-15-13-23-11-8-19-15/h2-5,15,17,19H,6-13H2,1H3. The third kappa shape index (κ3) is 4.88. The molecule has 1 atom stereocenters. The average molecular weight is 334 g/mol. The molecule has 0 saturated carbocycles. The third-order valence-corrected chi connectivity index (χ3v) is 5.67. The number of thioether (sulfide) groups is 1. The van der Waals surface area contributed by atoms with Crippen LogP contribution in [0.25, 0.3) is 0 Å². The van der Waals surface area contributed by atoms with Crippen LogP contribution in [0, 0.1) is 6.92 Å². The van der Waals surface area contributed by atoms with Crippen LogP contribution in [0.15, 0.2) is 24.3 Å². The Bertz CT molecular complexity index is 506. The summed E-state index contributed by atoms with van der Waals surface area (Å²) >= 11 is 1.94. The first kappa shape index (κ1) is 16.7. The highest BCUT2D eigenvalue weighted by Gasteiger charge is 2.26. The summed E-state index contributed by atoms with van der Waals surface area (Å²) in [6.07, 6.45) is 2.71. The van der Waals surface area contributed by atoms with E-state index in [4.69, 9.17) is 4.74 Å². The van der Waals surface area contributed by atoms with Gasteiger partial charge in [-0.1, -0.05) is 17.7 Å². The number of carbonyl (C=O) groups is 1. The Morgan fingerprint density at radius 2 is 2.04 bits per heavy atom. The average Bonchev–Trinajstić information content (AvgIpc) is 2.58. The number of likely N-dealkylation sites (tertiary alicyclic amines) is 1. The lowest BCUT2D eigenvalue weighted by molar-refractivity contribution is -0.133. The molecule has 3 rings (SSSR count). The second kappa shape index (κ2) is 8.06. The van der Waals surface area contributed by atoms with E-state index in [0.717, 1.165) is 49.7 Å². The van der Waals surface area contributed by atoms with Crippen molar-refractivity contribution in [3.05, 3.63) is 29.8 Å². The third-order valence-electron chi connectivity index (χ3n) is 4.54. The number of nitrogens with one attached hydrogen (secondary N) is 1. The number of hydrogen-bond donors (Lipinski definition) is 1. The highest BCUT2D eigenvalue weighted by molar-refractivity contribution is 7.99. The molecule has 0 radical (unpaired) electrons. The smallest absolute Gasteiger partial charge is 0.224 e. The molecule has 2 saturated heterocycles. The van der Waals surface area contributed by atoms with E-state index < -0.39 is 0 Å². The van der Waals surface area contributed by atoms with Crippen LogP contribution in [-0.2, 0) is 4.79 Å². The van der Waals surface area contributed by atoms with Gasteiger partial charge in [0.1, 0.15) is 11.9 Å². The van der Waals surface area contributed by atoms with Crippen LogP contribution in [0.3, 0.4) is 0 Å². The van der Waals surface area contributed by atoms with Gasteiger partial charge in [0.05, 0.1) is 0 Å². The van der Waals surface area contributed by atoms with E-state index in [1.807, 2.05) is 28.8 Å². The van der Waals surface area contributed by atoms with Crippen molar-refractivity contribution in [3.8, 4) is 5.75 Å². The molecule has 2 fully saturated rings. The molecule has 1 N–H and O–H groups in total.